The Morgan fingerprint density at radius 1 is 1.46 bits per heavy atom. The second kappa shape index (κ2) is 4.52. The smallest absolute Gasteiger partial charge is 0.0290 e. The molecule has 2 heteroatoms. The summed E-state index contributed by atoms with van der Waals surface area (Å²) in [5, 5.41) is 0. The van der Waals surface area contributed by atoms with E-state index in [0.29, 0.717) is 6.04 Å². The fourth-order valence-electron chi connectivity index (χ4n) is 2.30. The summed E-state index contributed by atoms with van der Waals surface area (Å²) in [5.74, 6) is 3.39. The van der Waals surface area contributed by atoms with Crippen molar-refractivity contribution < 1.29 is 0 Å². The Morgan fingerprint density at radius 2 is 2.38 bits per heavy atom. The highest BCUT2D eigenvalue weighted by Crippen LogP contribution is 2.31. The molecule has 0 bridgehead atoms. The molecular weight excluding hydrogens is 178 g/mol. The standard InChI is InChI=1S/C11H19NS/c12-11(10-6-7-13-8-10)9-4-2-1-3-5-9/h4,10-11H,1-3,5-8,12H2. The van der Waals surface area contributed by atoms with Gasteiger partial charge in [-0.15, -0.1) is 0 Å². The summed E-state index contributed by atoms with van der Waals surface area (Å²) in [7, 11) is 0. The van der Waals surface area contributed by atoms with Gasteiger partial charge in [0.25, 0.3) is 0 Å². The van der Waals surface area contributed by atoms with Crippen molar-refractivity contribution in [2.75, 3.05) is 11.5 Å². The predicted molar refractivity (Wildman–Crippen MR) is 60.0 cm³/mol. The molecule has 1 saturated heterocycles. The molecule has 1 nitrogen and oxygen atoms in total. The van der Waals surface area contributed by atoms with E-state index >= 15 is 0 Å². The third kappa shape index (κ3) is 2.29. The van der Waals surface area contributed by atoms with Crippen molar-refractivity contribution in [3.05, 3.63) is 11.6 Å². The number of hydrogen-bond acceptors (Lipinski definition) is 2. The maximum absolute atomic E-state index is 6.27. The molecule has 0 spiro atoms. The molecule has 2 aliphatic rings. The van der Waals surface area contributed by atoms with Crippen LogP contribution in [-0.2, 0) is 0 Å². The zero-order valence-corrected chi connectivity index (χ0v) is 8.98. The normalized spacial score (nSPS) is 31.5. The lowest BCUT2D eigenvalue weighted by molar-refractivity contribution is 0.487. The first-order valence-electron chi connectivity index (χ1n) is 5.40. The first-order chi connectivity index (χ1) is 6.38. The first kappa shape index (κ1) is 9.60. The van der Waals surface area contributed by atoms with Crippen molar-refractivity contribution in [3.63, 3.8) is 0 Å². The molecule has 0 aromatic rings. The van der Waals surface area contributed by atoms with Crippen LogP contribution >= 0.6 is 11.8 Å². The molecule has 0 saturated carbocycles. The Balaban J connectivity index is 1.94. The van der Waals surface area contributed by atoms with Crippen LogP contribution in [0.25, 0.3) is 0 Å². The molecule has 2 atom stereocenters. The molecule has 2 rings (SSSR count). The van der Waals surface area contributed by atoms with Gasteiger partial charge in [-0.25, -0.2) is 0 Å². The zero-order valence-electron chi connectivity index (χ0n) is 8.17. The molecule has 0 aromatic heterocycles. The van der Waals surface area contributed by atoms with E-state index in [1.54, 1.807) is 5.57 Å². The van der Waals surface area contributed by atoms with Crippen LogP contribution in [0.4, 0.5) is 0 Å². The monoisotopic (exact) mass is 197 g/mol. The summed E-state index contributed by atoms with van der Waals surface area (Å²) in [6, 6.07) is 0.385. The Labute approximate surface area is 85.2 Å². The summed E-state index contributed by atoms with van der Waals surface area (Å²) in [6.45, 7) is 0. The Bertz CT molecular complexity index is 194. The van der Waals surface area contributed by atoms with E-state index in [1.807, 2.05) is 0 Å². The predicted octanol–water partition coefficient (Wildman–Crippen LogP) is 2.57. The van der Waals surface area contributed by atoms with Crippen LogP contribution in [0.1, 0.15) is 32.1 Å². The van der Waals surface area contributed by atoms with Gasteiger partial charge < -0.3 is 5.73 Å². The fourth-order valence-corrected chi connectivity index (χ4v) is 3.62. The molecule has 2 N–H and O–H groups in total. The average Bonchev–Trinajstić information content (AvgIpc) is 2.71. The van der Waals surface area contributed by atoms with E-state index in [-0.39, 0.29) is 0 Å². The third-order valence-electron chi connectivity index (χ3n) is 3.23. The molecule has 0 aromatic carbocycles. The maximum Gasteiger partial charge on any atom is 0.0290 e. The second-order valence-corrected chi connectivity index (χ2v) is 5.32. The minimum absolute atomic E-state index is 0.385. The number of nitrogens with two attached hydrogens (primary N) is 1. The van der Waals surface area contributed by atoms with Gasteiger partial charge in [-0.2, -0.15) is 11.8 Å². The maximum atomic E-state index is 6.27. The fraction of sp³-hybridized carbons (Fsp3) is 0.818. The van der Waals surface area contributed by atoms with Gasteiger partial charge in [0.15, 0.2) is 0 Å². The van der Waals surface area contributed by atoms with Gasteiger partial charge in [0.05, 0.1) is 0 Å². The number of hydrogen-bond donors (Lipinski definition) is 1. The van der Waals surface area contributed by atoms with Crippen molar-refractivity contribution in [1.82, 2.24) is 0 Å². The van der Waals surface area contributed by atoms with Gasteiger partial charge in [-0.05, 0) is 49.5 Å². The summed E-state index contributed by atoms with van der Waals surface area (Å²) >= 11 is 2.07. The van der Waals surface area contributed by atoms with Crippen molar-refractivity contribution in [2.45, 2.75) is 38.1 Å². The molecule has 1 aliphatic heterocycles. The molecule has 1 aliphatic carbocycles. The summed E-state index contributed by atoms with van der Waals surface area (Å²) in [4.78, 5) is 0. The van der Waals surface area contributed by atoms with Gasteiger partial charge in [-0.1, -0.05) is 11.6 Å². The molecule has 0 amide bonds. The largest absolute Gasteiger partial charge is 0.324 e. The lowest BCUT2D eigenvalue weighted by Gasteiger charge is -2.24. The van der Waals surface area contributed by atoms with E-state index in [9.17, 15) is 0 Å². The zero-order chi connectivity index (χ0) is 9.10. The molecular formula is C11H19NS. The molecule has 74 valence electrons. The average molecular weight is 197 g/mol. The van der Waals surface area contributed by atoms with Crippen LogP contribution in [0.2, 0.25) is 0 Å². The van der Waals surface area contributed by atoms with Gasteiger partial charge in [-0.3, -0.25) is 0 Å². The molecule has 1 fully saturated rings. The topological polar surface area (TPSA) is 26.0 Å². The summed E-state index contributed by atoms with van der Waals surface area (Å²) in [6.07, 6.45) is 9.00. The van der Waals surface area contributed by atoms with Crippen LogP contribution < -0.4 is 5.73 Å². The summed E-state index contributed by atoms with van der Waals surface area (Å²) < 4.78 is 0. The number of allylic oxidation sites excluding steroid dienone is 1. The van der Waals surface area contributed by atoms with Crippen LogP contribution in [-0.4, -0.2) is 17.5 Å². The Hall–Kier alpha value is 0.0500. The molecule has 2 unspecified atom stereocenters. The van der Waals surface area contributed by atoms with Gasteiger partial charge in [0, 0.05) is 6.04 Å². The van der Waals surface area contributed by atoms with Crippen LogP contribution in [0, 0.1) is 5.92 Å². The minimum Gasteiger partial charge on any atom is -0.324 e. The first-order valence-corrected chi connectivity index (χ1v) is 6.55. The highest BCUT2D eigenvalue weighted by molar-refractivity contribution is 7.99. The van der Waals surface area contributed by atoms with Gasteiger partial charge in [0.2, 0.25) is 0 Å². The van der Waals surface area contributed by atoms with E-state index in [1.165, 1.54) is 43.6 Å². The van der Waals surface area contributed by atoms with Crippen LogP contribution in [0.15, 0.2) is 11.6 Å². The SMILES string of the molecule is NC(C1=CCCCC1)C1CCSC1. The van der Waals surface area contributed by atoms with E-state index in [4.69, 9.17) is 5.73 Å². The minimum atomic E-state index is 0.385. The van der Waals surface area contributed by atoms with Crippen molar-refractivity contribution in [2.24, 2.45) is 11.7 Å². The molecule has 1 heterocycles. The molecule has 0 radical (unpaired) electrons. The van der Waals surface area contributed by atoms with E-state index < -0.39 is 0 Å². The Kier molecular flexibility index (Phi) is 3.33. The van der Waals surface area contributed by atoms with Crippen LogP contribution in [0.3, 0.4) is 0 Å². The number of rotatable bonds is 2. The number of thioether (sulfide) groups is 1. The van der Waals surface area contributed by atoms with E-state index in [0.717, 1.165) is 5.92 Å². The molecule has 13 heavy (non-hydrogen) atoms. The lowest BCUT2D eigenvalue weighted by Crippen LogP contribution is -2.32. The van der Waals surface area contributed by atoms with E-state index in [2.05, 4.69) is 17.8 Å². The van der Waals surface area contributed by atoms with Crippen molar-refractivity contribution >= 4 is 11.8 Å². The van der Waals surface area contributed by atoms with Crippen molar-refractivity contribution in [3.8, 4) is 0 Å². The van der Waals surface area contributed by atoms with Gasteiger partial charge in [0.1, 0.15) is 0 Å². The van der Waals surface area contributed by atoms with Crippen LogP contribution in [0.5, 0.6) is 0 Å². The van der Waals surface area contributed by atoms with Gasteiger partial charge >= 0.3 is 0 Å². The summed E-state index contributed by atoms with van der Waals surface area (Å²) in [5.41, 5.74) is 7.83. The Morgan fingerprint density at radius 3 is 3.00 bits per heavy atom. The third-order valence-corrected chi connectivity index (χ3v) is 4.42. The second-order valence-electron chi connectivity index (χ2n) is 4.17. The highest BCUT2D eigenvalue weighted by Gasteiger charge is 2.25. The lowest BCUT2D eigenvalue weighted by atomic mass is 9.87. The quantitative estimate of drug-likeness (QED) is 0.689. The van der Waals surface area contributed by atoms with Crippen molar-refractivity contribution in [1.29, 1.82) is 0 Å². The highest BCUT2D eigenvalue weighted by atomic mass is 32.2.